The minimum Gasteiger partial charge on any atom is -0.373 e. The molecule has 0 aliphatic heterocycles. The first-order valence-electron chi connectivity index (χ1n) is 6.93. The lowest BCUT2D eigenvalue weighted by molar-refractivity contribution is -0.149. The van der Waals surface area contributed by atoms with E-state index in [0.717, 1.165) is 0 Å². The summed E-state index contributed by atoms with van der Waals surface area (Å²) in [5, 5.41) is 0. The molecule has 1 saturated carbocycles. The molecule has 22 heavy (non-hydrogen) atoms. The first-order valence-corrected chi connectivity index (χ1v) is 6.93. The summed E-state index contributed by atoms with van der Waals surface area (Å²) in [6.45, 7) is 4.09. The van der Waals surface area contributed by atoms with E-state index in [9.17, 15) is 24.0 Å². The van der Waals surface area contributed by atoms with Crippen LogP contribution in [0.25, 0.3) is 0 Å². The van der Waals surface area contributed by atoms with Crippen molar-refractivity contribution in [3.63, 3.8) is 0 Å². The van der Waals surface area contributed by atoms with E-state index in [1.165, 1.54) is 21.0 Å². The molecule has 1 aliphatic carbocycles. The summed E-state index contributed by atoms with van der Waals surface area (Å²) in [5.41, 5.74) is 2.34. The average molecular weight is 312 g/mol. The summed E-state index contributed by atoms with van der Waals surface area (Å²) in [5.74, 6) is -4.47. The number of hydrogen-bond acceptors (Lipinski definition) is 6. The zero-order valence-electron chi connectivity index (χ0n) is 13.0. The molecule has 8 nitrogen and oxygen atoms in total. The molecule has 0 radical (unpaired) electrons. The number of nitrogens with one attached hydrogen (secondary N) is 2. The minimum absolute atomic E-state index is 0.160. The predicted molar refractivity (Wildman–Crippen MR) is 74.3 cm³/mol. The first kappa shape index (κ1) is 18.0. The summed E-state index contributed by atoms with van der Waals surface area (Å²) in [7, 11) is 1.28. The molecule has 0 heterocycles. The second-order valence-electron chi connectivity index (χ2n) is 5.32. The fraction of sp³-hybridized carbons (Fsp3) is 0.643. The van der Waals surface area contributed by atoms with Gasteiger partial charge >= 0.3 is 0 Å². The van der Waals surface area contributed by atoms with Crippen LogP contribution in [0.1, 0.15) is 33.6 Å². The fourth-order valence-corrected chi connectivity index (χ4v) is 2.25. The highest BCUT2D eigenvalue weighted by Gasteiger charge is 2.57. The van der Waals surface area contributed by atoms with E-state index in [-0.39, 0.29) is 12.8 Å². The van der Waals surface area contributed by atoms with Crippen LogP contribution in [0.3, 0.4) is 0 Å². The number of carbonyl (C=O) groups excluding carboxylic acids is 5. The van der Waals surface area contributed by atoms with Crippen LogP contribution >= 0.6 is 0 Å². The van der Waals surface area contributed by atoms with E-state index in [2.05, 4.69) is 10.9 Å². The molecule has 0 aromatic heterocycles. The molecule has 1 fully saturated rings. The van der Waals surface area contributed by atoms with Gasteiger partial charge in [-0.3, -0.25) is 34.8 Å². The Balaban J connectivity index is 2.85. The number of carbonyl (C=O) groups is 5. The summed E-state index contributed by atoms with van der Waals surface area (Å²) in [4.78, 5) is 59.6. The monoisotopic (exact) mass is 312 g/mol. The minimum atomic E-state index is -1.88. The van der Waals surface area contributed by atoms with Gasteiger partial charge in [-0.1, -0.05) is 6.92 Å². The van der Waals surface area contributed by atoms with Gasteiger partial charge in [0.05, 0.1) is 5.92 Å². The third-order valence-electron chi connectivity index (χ3n) is 3.92. The Morgan fingerprint density at radius 3 is 2.36 bits per heavy atom. The Morgan fingerprint density at radius 2 is 1.91 bits per heavy atom. The van der Waals surface area contributed by atoms with Crippen molar-refractivity contribution >= 4 is 29.2 Å². The van der Waals surface area contributed by atoms with Crippen LogP contribution in [0.15, 0.2) is 0 Å². The van der Waals surface area contributed by atoms with Gasteiger partial charge < -0.3 is 4.74 Å². The van der Waals surface area contributed by atoms with Crippen LogP contribution in [0.5, 0.6) is 0 Å². The van der Waals surface area contributed by atoms with Gasteiger partial charge in [-0.15, -0.1) is 0 Å². The van der Waals surface area contributed by atoms with E-state index in [4.69, 9.17) is 4.74 Å². The van der Waals surface area contributed by atoms with Crippen LogP contribution in [0, 0.1) is 11.3 Å². The van der Waals surface area contributed by atoms with E-state index in [1.54, 1.807) is 6.92 Å². The molecule has 2 N–H and O–H groups in total. The van der Waals surface area contributed by atoms with Crippen LogP contribution in [-0.2, 0) is 28.7 Å². The summed E-state index contributed by atoms with van der Waals surface area (Å²) >= 11 is 0. The lowest BCUT2D eigenvalue weighted by Gasteiger charge is -2.23. The number of amides is 2. The molecule has 1 rings (SSSR count). The van der Waals surface area contributed by atoms with Gasteiger partial charge in [-0.25, -0.2) is 0 Å². The summed E-state index contributed by atoms with van der Waals surface area (Å²) in [6, 6.07) is 0. The summed E-state index contributed by atoms with van der Waals surface area (Å²) in [6.07, 6.45) is -0.984. The zero-order valence-corrected chi connectivity index (χ0v) is 13.0. The van der Waals surface area contributed by atoms with Crippen LogP contribution in [0.4, 0.5) is 0 Å². The highest BCUT2D eigenvalue weighted by molar-refractivity contribution is 6.31. The van der Waals surface area contributed by atoms with Crippen LogP contribution < -0.4 is 10.9 Å². The number of ketones is 3. The zero-order chi connectivity index (χ0) is 17.1. The van der Waals surface area contributed by atoms with Crippen molar-refractivity contribution in [2.24, 2.45) is 11.3 Å². The number of ether oxygens (including phenoxy) is 1. The maximum absolute atomic E-state index is 12.4. The highest BCUT2D eigenvalue weighted by Crippen LogP contribution is 2.35. The highest BCUT2D eigenvalue weighted by atomic mass is 16.5. The van der Waals surface area contributed by atoms with E-state index < -0.39 is 46.6 Å². The van der Waals surface area contributed by atoms with Crippen molar-refractivity contribution in [1.29, 1.82) is 0 Å². The molecule has 0 spiro atoms. The second-order valence-corrected chi connectivity index (χ2v) is 5.32. The molecule has 0 bridgehead atoms. The van der Waals surface area contributed by atoms with Crippen molar-refractivity contribution < 1.29 is 28.7 Å². The smallest absolute Gasteiger partial charge is 0.248 e. The van der Waals surface area contributed by atoms with Crippen molar-refractivity contribution in [3.05, 3.63) is 0 Å². The molecule has 0 aromatic carbocycles. The van der Waals surface area contributed by atoms with Crippen molar-refractivity contribution in [2.75, 3.05) is 7.11 Å². The standard InChI is InChI=1S/C14H20N2O6/c1-5-10(18)15-16-13(21)7(2)11(19)14(3)9(17)6-8(22-4)12(14)20/h7-8H,5-6H2,1-4H3,(H,15,18)(H,16,21). The molecule has 3 unspecified atom stereocenters. The van der Waals surface area contributed by atoms with Crippen LogP contribution in [0.2, 0.25) is 0 Å². The Bertz CT molecular complexity index is 529. The largest absolute Gasteiger partial charge is 0.373 e. The van der Waals surface area contributed by atoms with Gasteiger partial charge in [-0.2, -0.15) is 0 Å². The number of hydrogen-bond donors (Lipinski definition) is 2. The number of hydrazine groups is 1. The van der Waals surface area contributed by atoms with Crippen molar-refractivity contribution in [1.82, 2.24) is 10.9 Å². The number of rotatable bonds is 5. The van der Waals surface area contributed by atoms with E-state index >= 15 is 0 Å². The van der Waals surface area contributed by atoms with Gasteiger partial charge in [0.25, 0.3) is 0 Å². The molecule has 3 atom stereocenters. The molecule has 2 amide bonds. The Kier molecular flexibility index (Phi) is 5.54. The Morgan fingerprint density at radius 1 is 1.32 bits per heavy atom. The van der Waals surface area contributed by atoms with Gasteiger partial charge in [0.1, 0.15) is 11.5 Å². The Labute approximate surface area is 127 Å². The van der Waals surface area contributed by atoms with Crippen molar-refractivity contribution in [3.8, 4) is 0 Å². The average Bonchev–Trinajstić information content (AvgIpc) is 2.75. The molecule has 1 aliphatic rings. The van der Waals surface area contributed by atoms with E-state index in [0.29, 0.717) is 0 Å². The fourth-order valence-electron chi connectivity index (χ4n) is 2.25. The number of methoxy groups -OCH3 is 1. The molecule has 8 heteroatoms. The van der Waals surface area contributed by atoms with Gasteiger partial charge in [0, 0.05) is 20.0 Å². The molecule has 122 valence electrons. The van der Waals surface area contributed by atoms with Gasteiger partial charge in [0.2, 0.25) is 11.8 Å². The van der Waals surface area contributed by atoms with Crippen LogP contribution in [-0.4, -0.2) is 42.4 Å². The third-order valence-corrected chi connectivity index (χ3v) is 3.92. The van der Waals surface area contributed by atoms with Gasteiger partial charge in [0.15, 0.2) is 17.3 Å². The second kappa shape index (κ2) is 6.78. The Hall–Kier alpha value is -2.09. The quantitative estimate of drug-likeness (QED) is 0.512. The number of Topliss-reactive ketones (excluding diaryl/α,β-unsaturated/α-hetero) is 3. The topological polar surface area (TPSA) is 119 Å². The third kappa shape index (κ3) is 3.06. The lowest BCUT2D eigenvalue weighted by atomic mass is 9.76. The first-order chi connectivity index (χ1) is 10.2. The molecule has 0 saturated heterocycles. The van der Waals surface area contributed by atoms with E-state index in [1.807, 2.05) is 0 Å². The maximum Gasteiger partial charge on any atom is 0.248 e. The van der Waals surface area contributed by atoms with Gasteiger partial charge in [-0.05, 0) is 13.8 Å². The SMILES string of the molecule is CCC(=O)NNC(=O)C(C)C(=O)C1(C)C(=O)CC(OC)C1=O. The normalized spacial score (nSPS) is 25.7. The summed E-state index contributed by atoms with van der Waals surface area (Å²) < 4.78 is 4.89. The van der Waals surface area contributed by atoms with Crippen molar-refractivity contribution in [2.45, 2.75) is 39.7 Å². The maximum atomic E-state index is 12.4. The lowest BCUT2D eigenvalue weighted by Crippen LogP contribution is -2.50. The molecular weight excluding hydrogens is 292 g/mol. The molecule has 0 aromatic rings. The molecular formula is C14H20N2O6. The predicted octanol–water partition coefficient (Wildman–Crippen LogP) is -0.688.